The van der Waals surface area contributed by atoms with Crippen molar-refractivity contribution in [1.29, 1.82) is 0 Å². The van der Waals surface area contributed by atoms with Gasteiger partial charge >= 0.3 is 0 Å². The predicted octanol–water partition coefficient (Wildman–Crippen LogP) is 5.71. The molecule has 4 saturated carbocycles. The Balaban J connectivity index is 1.54. The molecule has 4 aliphatic carbocycles. The fourth-order valence-electron chi connectivity index (χ4n) is 5.33. The first kappa shape index (κ1) is 14.6. The van der Waals surface area contributed by atoms with Crippen molar-refractivity contribution in [2.24, 2.45) is 17.8 Å². The van der Waals surface area contributed by atoms with Crippen LogP contribution in [0.1, 0.15) is 44.1 Å². The highest BCUT2D eigenvalue weighted by atomic mass is 35.5. The van der Waals surface area contributed by atoms with Gasteiger partial charge in [0.1, 0.15) is 0 Å². The Bertz CT molecular complexity index is 534. The van der Waals surface area contributed by atoms with E-state index in [9.17, 15) is 0 Å². The molecule has 0 spiro atoms. The predicted molar refractivity (Wildman–Crippen MR) is 89.2 cm³/mol. The Hall–Kier alpha value is 0.0500. The molecule has 4 heteroatoms. The van der Waals surface area contributed by atoms with Crippen molar-refractivity contribution in [2.75, 3.05) is 0 Å². The van der Waals surface area contributed by atoms with Gasteiger partial charge in [-0.1, -0.05) is 34.8 Å². The highest BCUT2D eigenvalue weighted by molar-refractivity contribution is 6.44. The highest BCUT2D eigenvalue weighted by Gasteiger charge is 2.50. The van der Waals surface area contributed by atoms with E-state index in [1.807, 2.05) is 6.07 Å². The quantitative estimate of drug-likeness (QED) is 0.693. The lowest BCUT2D eigenvalue weighted by molar-refractivity contribution is -0.0205. The number of halogens is 3. The van der Waals surface area contributed by atoms with Crippen molar-refractivity contribution in [3.8, 4) is 0 Å². The molecule has 4 aliphatic rings. The minimum absolute atomic E-state index is 0.323. The van der Waals surface area contributed by atoms with Crippen molar-refractivity contribution in [2.45, 2.75) is 50.6 Å². The smallest absolute Gasteiger partial charge is 0.0652 e. The molecule has 0 radical (unpaired) electrons. The summed E-state index contributed by atoms with van der Waals surface area (Å²) < 4.78 is 0. The molecule has 4 fully saturated rings. The van der Waals surface area contributed by atoms with Crippen molar-refractivity contribution in [1.82, 2.24) is 5.32 Å². The molecule has 0 amide bonds. The van der Waals surface area contributed by atoms with Gasteiger partial charge in [-0.05, 0) is 68.4 Å². The van der Waals surface area contributed by atoms with E-state index in [4.69, 9.17) is 34.8 Å². The Morgan fingerprint density at radius 3 is 2.00 bits per heavy atom. The van der Waals surface area contributed by atoms with Crippen LogP contribution in [-0.4, -0.2) is 5.54 Å². The lowest BCUT2D eigenvalue weighted by Crippen LogP contribution is -2.58. The van der Waals surface area contributed by atoms with Gasteiger partial charge in [0, 0.05) is 22.7 Å². The van der Waals surface area contributed by atoms with Crippen molar-refractivity contribution in [3.63, 3.8) is 0 Å². The molecule has 114 valence electrons. The van der Waals surface area contributed by atoms with Crippen molar-refractivity contribution < 1.29 is 0 Å². The second kappa shape index (κ2) is 5.30. The standard InChI is InChI=1S/C17H20Cl3N/c18-14-1-2-15(19)16(20)13(14)9-21-17-6-10-3-11(7-17)5-12(4-10)8-17/h1-2,10-12,21H,3-9H2. The highest BCUT2D eigenvalue weighted by Crippen LogP contribution is 2.55. The zero-order chi connectivity index (χ0) is 14.6. The van der Waals surface area contributed by atoms with Gasteiger partial charge in [0.05, 0.1) is 10.0 Å². The summed E-state index contributed by atoms with van der Waals surface area (Å²) in [7, 11) is 0. The summed E-state index contributed by atoms with van der Waals surface area (Å²) in [5, 5.41) is 5.72. The first-order chi connectivity index (χ1) is 10.0. The molecular weight excluding hydrogens is 325 g/mol. The third-order valence-electron chi connectivity index (χ3n) is 5.82. The maximum Gasteiger partial charge on any atom is 0.0652 e. The summed E-state index contributed by atoms with van der Waals surface area (Å²) in [6.07, 6.45) is 8.36. The average Bonchev–Trinajstić information content (AvgIpc) is 2.41. The van der Waals surface area contributed by atoms with Gasteiger partial charge < -0.3 is 5.32 Å². The minimum atomic E-state index is 0.323. The maximum atomic E-state index is 6.33. The molecule has 1 N–H and O–H groups in total. The molecule has 5 rings (SSSR count). The van der Waals surface area contributed by atoms with E-state index in [0.29, 0.717) is 20.6 Å². The zero-order valence-corrected chi connectivity index (χ0v) is 14.2. The van der Waals surface area contributed by atoms with Gasteiger partial charge in [-0.15, -0.1) is 0 Å². The second-order valence-electron chi connectivity index (χ2n) is 7.37. The van der Waals surface area contributed by atoms with Crippen LogP contribution in [-0.2, 0) is 6.54 Å². The fourth-order valence-corrected chi connectivity index (χ4v) is 6.02. The van der Waals surface area contributed by atoms with Crippen LogP contribution in [0.5, 0.6) is 0 Å². The first-order valence-electron chi connectivity index (χ1n) is 7.92. The SMILES string of the molecule is Clc1ccc(Cl)c(CNC23CC4CC(CC(C4)C2)C3)c1Cl. The molecule has 0 unspecified atom stereocenters. The number of hydrogen-bond donors (Lipinski definition) is 1. The van der Waals surface area contributed by atoms with Gasteiger partial charge in [-0.25, -0.2) is 0 Å². The van der Waals surface area contributed by atoms with Gasteiger partial charge in [-0.3, -0.25) is 0 Å². The first-order valence-corrected chi connectivity index (χ1v) is 9.05. The molecule has 1 nitrogen and oxygen atoms in total. The molecule has 4 bridgehead atoms. The van der Waals surface area contributed by atoms with Crippen LogP contribution in [0.3, 0.4) is 0 Å². The molecule has 0 aliphatic heterocycles. The summed E-state index contributed by atoms with van der Waals surface area (Å²) in [6.45, 7) is 0.727. The largest absolute Gasteiger partial charge is 0.307 e. The van der Waals surface area contributed by atoms with Crippen molar-refractivity contribution >= 4 is 34.8 Å². The van der Waals surface area contributed by atoms with Gasteiger partial charge in [0.2, 0.25) is 0 Å². The Morgan fingerprint density at radius 2 is 1.43 bits per heavy atom. The van der Waals surface area contributed by atoms with Crippen LogP contribution in [0.25, 0.3) is 0 Å². The van der Waals surface area contributed by atoms with E-state index < -0.39 is 0 Å². The van der Waals surface area contributed by atoms with Gasteiger partial charge in [-0.2, -0.15) is 0 Å². The van der Waals surface area contributed by atoms with Gasteiger partial charge in [0.25, 0.3) is 0 Å². The summed E-state index contributed by atoms with van der Waals surface area (Å²) in [4.78, 5) is 0. The van der Waals surface area contributed by atoms with E-state index in [1.54, 1.807) is 6.07 Å². The minimum Gasteiger partial charge on any atom is -0.307 e. The number of rotatable bonds is 3. The Kier molecular flexibility index (Phi) is 3.69. The van der Waals surface area contributed by atoms with Crippen LogP contribution in [0.15, 0.2) is 12.1 Å². The summed E-state index contributed by atoms with van der Waals surface area (Å²) in [5.74, 6) is 2.82. The topological polar surface area (TPSA) is 12.0 Å². The average molecular weight is 345 g/mol. The van der Waals surface area contributed by atoms with E-state index in [1.165, 1.54) is 38.5 Å². The van der Waals surface area contributed by atoms with Crippen LogP contribution in [0, 0.1) is 17.8 Å². The number of benzene rings is 1. The van der Waals surface area contributed by atoms with Crippen LogP contribution in [0.2, 0.25) is 15.1 Å². The molecule has 1 aromatic rings. The second-order valence-corrected chi connectivity index (χ2v) is 8.57. The number of nitrogens with one attached hydrogen (secondary N) is 1. The van der Waals surface area contributed by atoms with Gasteiger partial charge in [0.15, 0.2) is 0 Å². The third-order valence-corrected chi connectivity index (χ3v) is 7.01. The fraction of sp³-hybridized carbons (Fsp3) is 0.647. The van der Waals surface area contributed by atoms with Crippen LogP contribution in [0.4, 0.5) is 0 Å². The van der Waals surface area contributed by atoms with Crippen molar-refractivity contribution in [3.05, 3.63) is 32.8 Å². The summed E-state index contributed by atoms with van der Waals surface area (Å²) in [5.41, 5.74) is 1.27. The monoisotopic (exact) mass is 343 g/mol. The third kappa shape index (κ3) is 2.61. The summed E-state index contributed by atoms with van der Waals surface area (Å²) in [6, 6.07) is 3.60. The molecule has 0 heterocycles. The molecule has 21 heavy (non-hydrogen) atoms. The Labute approximate surface area is 141 Å². The molecule has 0 aromatic heterocycles. The Morgan fingerprint density at radius 1 is 0.905 bits per heavy atom. The van der Waals surface area contributed by atoms with E-state index in [2.05, 4.69) is 5.32 Å². The lowest BCUT2D eigenvalue weighted by atomic mass is 9.53. The van der Waals surface area contributed by atoms with E-state index in [0.717, 1.165) is 29.9 Å². The molecule has 0 saturated heterocycles. The zero-order valence-electron chi connectivity index (χ0n) is 12.0. The normalized spacial score (nSPS) is 37.2. The number of hydrogen-bond acceptors (Lipinski definition) is 1. The summed E-state index contributed by atoms with van der Waals surface area (Å²) >= 11 is 18.8. The maximum absolute atomic E-state index is 6.33. The van der Waals surface area contributed by atoms with E-state index >= 15 is 0 Å². The van der Waals surface area contributed by atoms with Crippen LogP contribution < -0.4 is 5.32 Å². The van der Waals surface area contributed by atoms with E-state index in [-0.39, 0.29) is 0 Å². The lowest BCUT2D eigenvalue weighted by Gasteiger charge is -2.57. The molecular formula is C17H20Cl3N. The molecule has 0 atom stereocenters. The molecule has 1 aromatic carbocycles. The van der Waals surface area contributed by atoms with Crippen LogP contribution >= 0.6 is 34.8 Å².